The van der Waals surface area contributed by atoms with Gasteiger partial charge in [-0.05, 0) is 33.1 Å². The molecule has 1 unspecified atom stereocenters. The van der Waals surface area contributed by atoms with Crippen molar-refractivity contribution in [1.82, 2.24) is 0 Å². The lowest BCUT2D eigenvalue weighted by molar-refractivity contribution is -0.162. The highest BCUT2D eigenvalue weighted by Gasteiger charge is 2.24. The van der Waals surface area contributed by atoms with Crippen molar-refractivity contribution in [2.45, 2.75) is 53.1 Å². The molecule has 0 aliphatic carbocycles. The first kappa shape index (κ1) is 15.4. The van der Waals surface area contributed by atoms with Gasteiger partial charge in [-0.2, -0.15) is 0 Å². The fraction of sp³-hybridized carbons (Fsp3) is 0.923. The van der Waals surface area contributed by atoms with Gasteiger partial charge in [0.25, 0.3) is 0 Å². The summed E-state index contributed by atoms with van der Waals surface area (Å²) in [4.78, 5) is 11.9. The van der Waals surface area contributed by atoms with Crippen LogP contribution in [0.3, 0.4) is 0 Å². The van der Waals surface area contributed by atoms with Gasteiger partial charge in [0, 0.05) is 7.11 Å². The fourth-order valence-corrected chi connectivity index (χ4v) is 1.39. The van der Waals surface area contributed by atoms with Gasteiger partial charge in [-0.1, -0.05) is 20.3 Å². The van der Waals surface area contributed by atoms with Crippen LogP contribution in [0, 0.1) is 11.8 Å². The lowest BCUT2D eigenvalue weighted by atomic mass is 9.98. The molecule has 1 atom stereocenters. The Morgan fingerprint density at radius 1 is 1.19 bits per heavy atom. The number of ether oxygens (including phenoxy) is 2. The van der Waals surface area contributed by atoms with Crippen LogP contribution in [0.1, 0.15) is 47.5 Å². The van der Waals surface area contributed by atoms with Crippen molar-refractivity contribution >= 4 is 5.97 Å². The SMILES string of the molecule is COCC(CCC(C)C)C(=O)OC(C)(C)C. The van der Waals surface area contributed by atoms with Crippen LogP contribution >= 0.6 is 0 Å². The van der Waals surface area contributed by atoms with E-state index >= 15 is 0 Å². The lowest BCUT2D eigenvalue weighted by Crippen LogP contribution is -2.31. The molecule has 3 heteroatoms. The summed E-state index contributed by atoms with van der Waals surface area (Å²) in [6.07, 6.45) is 1.85. The smallest absolute Gasteiger partial charge is 0.311 e. The molecule has 0 rings (SSSR count). The Labute approximate surface area is 99.5 Å². The van der Waals surface area contributed by atoms with E-state index in [0.29, 0.717) is 12.5 Å². The number of carbonyl (C=O) groups excluding carboxylic acids is 1. The summed E-state index contributed by atoms with van der Waals surface area (Å²) in [5, 5.41) is 0. The van der Waals surface area contributed by atoms with Gasteiger partial charge in [0.05, 0.1) is 12.5 Å². The molecule has 0 N–H and O–H groups in total. The number of esters is 1. The second kappa shape index (κ2) is 6.89. The van der Waals surface area contributed by atoms with Crippen molar-refractivity contribution in [3.8, 4) is 0 Å². The molecule has 16 heavy (non-hydrogen) atoms. The second-order valence-corrected chi connectivity index (χ2v) is 5.66. The summed E-state index contributed by atoms with van der Waals surface area (Å²) in [5.74, 6) is 0.323. The highest BCUT2D eigenvalue weighted by molar-refractivity contribution is 5.73. The maximum atomic E-state index is 11.9. The van der Waals surface area contributed by atoms with Crippen molar-refractivity contribution < 1.29 is 14.3 Å². The summed E-state index contributed by atoms with van der Waals surface area (Å²) >= 11 is 0. The van der Waals surface area contributed by atoms with Crippen LogP contribution in [0.2, 0.25) is 0 Å². The van der Waals surface area contributed by atoms with Gasteiger partial charge in [0.2, 0.25) is 0 Å². The quantitative estimate of drug-likeness (QED) is 0.658. The van der Waals surface area contributed by atoms with E-state index in [2.05, 4.69) is 13.8 Å². The van der Waals surface area contributed by atoms with Gasteiger partial charge < -0.3 is 9.47 Å². The summed E-state index contributed by atoms with van der Waals surface area (Å²) in [5.41, 5.74) is -0.416. The van der Waals surface area contributed by atoms with E-state index in [1.807, 2.05) is 20.8 Å². The van der Waals surface area contributed by atoms with Crippen molar-refractivity contribution in [1.29, 1.82) is 0 Å². The maximum absolute atomic E-state index is 11.9. The molecule has 0 spiro atoms. The summed E-state index contributed by atoms with van der Waals surface area (Å²) in [7, 11) is 1.62. The van der Waals surface area contributed by atoms with Gasteiger partial charge in [0.1, 0.15) is 5.60 Å². The van der Waals surface area contributed by atoms with Gasteiger partial charge in [0.15, 0.2) is 0 Å². The van der Waals surface area contributed by atoms with Gasteiger partial charge in [-0.3, -0.25) is 4.79 Å². The maximum Gasteiger partial charge on any atom is 0.311 e. The normalized spacial score (nSPS) is 13.9. The van der Waals surface area contributed by atoms with E-state index in [-0.39, 0.29) is 11.9 Å². The molecule has 0 aliphatic heterocycles. The third-order valence-electron chi connectivity index (χ3n) is 2.20. The number of rotatable bonds is 6. The molecule has 0 saturated heterocycles. The zero-order valence-electron chi connectivity index (χ0n) is 11.5. The molecule has 3 nitrogen and oxygen atoms in total. The van der Waals surface area contributed by atoms with E-state index in [1.165, 1.54) is 0 Å². The van der Waals surface area contributed by atoms with Gasteiger partial charge in [-0.15, -0.1) is 0 Å². The molecule has 0 aromatic rings. The Morgan fingerprint density at radius 2 is 1.75 bits per heavy atom. The predicted molar refractivity (Wildman–Crippen MR) is 65.3 cm³/mol. The molecular formula is C13H26O3. The molecule has 96 valence electrons. The molecule has 0 aromatic carbocycles. The topological polar surface area (TPSA) is 35.5 Å². The first-order valence-electron chi connectivity index (χ1n) is 5.98. The van der Waals surface area contributed by atoms with E-state index in [9.17, 15) is 4.79 Å². The van der Waals surface area contributed by atoms with Crippen LogP contribution in [-0.2, 0) is 14.3 Å². The molecule has 0 aromatic heterocycles. The minimum absolute atomic E-state index is 0.133. The Kier molecular flexibility index (Phi) is 6.65. The molecule has 0 amide bonds. The molecule has 0 aliphatic rings. The number of hydrogen-bond acceptors (Lipinski definition) is 3. The first-order chi connectivity index (χ1) is 7.26. The summed E-state index contributed by atoms with van der Waals surface area (Å²) in [6.45, 7) is 10.4. The van der Waals surface area contributed by atoms with Crippen LogP contribution < -0.4 is 0 Å². The van der Waals surface area contributed by atoms with E-state index in [1.54, 1.807) is 7.11 Å². The van der Waals surface area contributed by atoms with Crippen LogP contribution in [0.5, 0.6) is 0 Å². The Balaban J connectivity index is 4.23. The Bertz CT molecular complexity index is 204. The van der Waals surface area contributed by atoms with Crippen LogP contribution in [0.4, 0.5) is 0 Å². The molecule has 0 saturated carbocycles. The molecule has 0 fully saturated rings. The molecule has 0 bridgehead atoms. The van der Waals surface area contributed by atoms with Gasteiger partial charge >= 0.3 is 5.97 Å². The largest absolute Gasteiger partial charge is 0.460 e. The number of carbonyl (C=O) groups is 1. The monoisotopic (exact) mass is 230 g/mol. The average Bonchev–Trinajstić information content (AvgIpc) is 2.08. The minimum atomic E-state index is -0.416. The highest BCUT2D eigenvalue weighted by atomic mass is 16.6. The Morgan fingerprint density at radius 3 is 2.12 bits per heavy atom. The number of hydrogen-bond donors (Lipinski definition) is 0. The molecular weight excluding hydrogens is 204 g/mol. The number of methoxy groups -OCH3 is 1. The van der Waals surface area contributed by atoms with E-state index in [0.717, 1.165) is 12.8 Å². The Hall–Kier alpha value is -0.570. The second-order valence-electron chi connectivity index (χ2n) is 5.66. The average molecular weight is 230 g/mol. The molecule has 0 radical (unpaired) electrons. The summed E-state index contributed by atoms with van der Waals surface area (Å²) in [6, 6.07) is 0. The molecule has 0 heterocycles. The van der Waals surface area contributed by atoms with Crippen molar-refractivity contribution in [2.24, 2.45) is 11.8 Å². The zero-order chi connectivity index (χ0) is 12.8. The van der Waals surface area contributed by atoms with E-state index < -0.39 is 5.60 Å². The van der Waals surface area contributed by atoms with Crippen molar-refractivity contribution in [2.75, 3.05) is 13.7 Å². The zero-order valence-corrected chi connectivity index (χ0v) is 11.5. The van der Waals surface area contributed by atoms with E-state index in [4.69, 9.17) is 9.47 Å². The van der Waals surface area contributed by atoms with Gasteiger partial charge in [-0.25, -0.2) is 0 Å². The predicted octanol–water partition coefficient (Wildman–Crippen LogP) is 3.03. The highest BCUT2D eigenvalue weighted by Crippen LogP contribution is 2.17. The first-order valence-corrected chi connectivity index (χ1v) is 5.98. The summed E-state index contributed by atoms with van der Waals surface area (Å²) < 4.78 is 10.4. The standard InChI is InChI=1S/C13H26O3/c1-10(2)7-8-11(9-15-6)12(14)16-13(3,4)5/h10-11H,7-9H2,1-6H3. The van der Waals surface area contributed by atoms with Crippen LogP contribution in [0.25, 0.3) is 0 Å². The third-order valence-corrected chi connectivity index (χ3v) is 2.20. The third kappa shape index (κ3) is 7.69. The lowest BCUT2D eigenvalue weighted by Gasteiger charge is -2.24. The van der Waals surface area contributed by atoms with Crippen LogP contribution in [-0.4, -0.2) is 25.3 Å². The van der Waals surface area contributed by atoms with Crippen molar-refractivity contribution in [3.05, 3.63) is 0 Å². The minimum Gasteiger partial charge on any atom is -0.460 e. The van der Waals surface area contributed by atoms with Crippen molar-refractivity contribution in [3.63, 3.8) is 0 Å². The fourth-order valence-electron chi connectivity index (χ4n) is 1.39. The van der Waals surface area contributed by atoms with Crippen LogP contribution in [0.15, 0.2) is 0 Å².